The summed E-state index contributed by atoms with van der Waals surface area (Å²) in [6.07, 6.45) is 0. The summed E-state index contributed by atoms with van der Waals surface area (Å²) in [5.74, 6) is -4.83. The monoisotopic (exact) mass is 266 g/mol. The van der Waals surface area contributed by atoms with Crippen LogP contribution in [-0.4, -0.2) is 18.4 Å². The second-order valence-electron chi connectivity index (χ2n) is 3.62. The SMILES string of the molecule is CC(F)(F)CNC(=O)c1cc(N)cc(F)c1Cl. The second kappa shape index (κ2) is 4.83. The third kappa shape index (κ3) is 3.81. The van der Waals surface area contributed by atoms with Gasteiger partial charge in [-0.05, 0) is 12.1 Å². The van der Waals surface area contributed by atoms with Crippen molar-refractivity contribution < 1.29 is 18.0 Å². The van der Waals surface area contributed by atoms with Gasteiger partial charge in [0.15, 0.2) is 0 Å². The van der Waals surface area contributed by atoms with Gasteiger partial charge in [0.25, 0.3) is 11.8 Å². The summed E-state index contributed by atoms with van der Waals surface area (Å²) in [6.45, 7) is -0.215. The van der Waals surface area contributed by atoms with E-state index in [0.717, 1.165) is 12.1 Å². The molecule has 0 saturated heterocycles. The lowest BCUT2D eigenvalue weighted by molar-refractivity contribution is 0.0221. The molecule has 0 aromatic heterocycles. The molecule has 0 atom stereocenters. The van der Waals surface area contributed by atoms with E-state index in [0.29, 0.717) is 6.92 Å². The van der Waals surface area contributed by atoms with Crippen molar-refractivity contribution in [1.29, 1.82) is 0 Å². The molecule has 1 aromatic rings. The molecule has 7 heteroatoms. The molecule has 0 heterocycles. The van der Waals surface area contributed by atoms with Crippen LogP contribution in [0.25, 0.3) is 0 Å². The number of nitrogen functional groups attached to an aromatic ring is 1. The Morgan fingerprint density at radius 1 is 1.53 bits per heavy atom. The maximum Gasteiger partial charge on any atom is 0.262 e. The Hall–Kier alpha value is -1.43. The van der Waals surface area contributed by atoms with E-state index in [-0.39, 0.29) is 11.3 Å². The molecule has 0 unspecified atom stereocenters. The number of nitrogens with two attached hydrogens (primary N) is 1. The smallest absolute Gasteiger partial charge is 0.262 e. The van der Waals surface area contributed by atoms with Crippen LogP contribution >= 0.6 is 11.6 Å². The van der Waals surface area contributed by atoms with Crippen molar-refractivity contribution in [3.63, 3.8) is 0 Å². The number of amides is 1. The average molecular weight is 267 g/mol. The first-order valence-corrected chi connectivity index (χ1v) is 4.99. The van der Waals surface area contributed by atoms with E-state index in [1.54, 1.807) is 0 Å². The minimum atomic E-state index is -3.05. The Morgan fingerprint density at radius 2 is 2.12 bits per heavy atom. The van der Waals surface area contributed by atoms with Gasteiger partial charge >= 0.3 is 0 Å². The zero-order valence-corrected chi connectivity index (χ0v) is 9.62. The average Bonchev–Trinajstić information content (AvgIpc) is 2.19. The van der Waals surface area contributed by atoms with Gasteiger partial charge in [-0.1, -0.05) is 11.6 Å². The van der Waals surface area contributed by atoms with Crippen LogP contribution in [0.2, 0.25) is 5.02 Å². The number of carbonyl (C=O) groups is 1. The number of anilines is 1. The summed E-state index contributed by atoms with van der Waals surface area (Å²) in [6, 6.07) is 2.06. The summed E-state index contributed by atoms with van der Waals surface area (Å²) >= 11 is 5.53. The van der Waals surface area contributed by atoms with Crippen molar-refractivity contribution in [1.82, 2.24) is 5.32 Å². The molecule has 0 aliphatic heterocycles. The van der Waals surface area contributed by atoms with Gasteiger partial charge in [-0.15, -0.1) is 0 Å². The van der Waals surface area contributed by atoms with Gasteiger partial charge in [0.2, 0.25) is 0 Å². The topological polar surface area (TPSA) is 55.1 Å². The summed E-state index contributed by atoms with van der Waals surface area (Å²) < 4.78 is 38.2. The third-order valence-electron chi connectivity index (χ3n) is 1.85. The molecule has 3 N–H and O–H groups in total. The maximum absolute atomic E-state index is 13.1. The number of nitrogens with one attached hydrogen (secondary N) is 1. The minimum Gasteiger partial charge on any atom is -0.399 e. The Labute approximate surface area is 101 Å². The molecule has 0 fully saturated rings. The molecule has 1 rings (SSSR count). The first kappa shape index (κ1) is 13.6. The van der Waals surface area contributed by atoms with Gasteiger partial charge in [0.05, 0.1) is 17.1 Å². The van der Waals surface area contributed by atoms with E-state index in [1.807, 2.05) is 5.32 Å². The fourth-order valence-electron chi connectivity index (χ4n) is 1.11. The Morgan fingerprint density at radius 3 is 2.65 bits per heavy atom. The summed E-state index contributed by atoms with van der Waals surface area (Å²) in [5, 5.41) is 1.49. The first-order chi connectivity index (χ1) is 7.70. The minimum absolute atomic E-state index is 0.0136. The fourth-order valence-corrected chi connectivity index (χ4v) is 1.30. The van der Waals surface area contributed by atoms with Crippen molar-refractivity contribution >= 4 is 23.2 Å². The standard InChI is InChI=1S/C10H10ClF3N2O/c1-10(13,14)4-16-9(17)6-2-5(15)3-7(12)8(6)11/h2-3H,4,15H2,1H3,(H,16,17). The fraction of sp³-hybridized carbons (Fsp3) is 0.300. The van der Waals surface area contributed by atoms with Crippen LogP contribution in [0.5, 0.6) is 0 Å². The van der Waals surface area contributed by atoms with Crippen molar-refractivity contribution in [2.75, 3.05) is 12.3 Å². The highest BCUT2D eigenvalue weighted by atomic mass is 35.5. The highest BCUT2D eigenvalue weighted by Crippen LogP contribution is 2.23. The molecule has 1 amide bonds. The molecule has 17 heavy (non-hydrogen) atoms. The van der Waals surface area contributed by atoms with E-state index >= 15 is 0 Å². The van der Waals surface area contributed by atoms with E-state index in [4.69, 9.17) is 17.3 Å². The third-order valence-corrected chi connectivity index (χ3v) is 2.24. The quantitative estimate of drug-likeness (QED) is 0.826. The van der Waals surface area contributed by atoms with Gasteiger partial charge in [-0.25, -0.2) is 13.2 Å². The Bertz CT molecular complexity index is 446. The largest absolute Gasteiger partial charge is 0.399 e. The lowest BCUT2D eigenvalue weighted by atomic mass is 10.1. The van der Waals surface area contributed by atoms with E-state index in [1.165, 1.54) is 0 Å². The van der Waals surface area contributed by atoms with Crippen LogP contribution in [0.4, 0.5) is 18.9 Å². The lowest BCUT2D eigenvalue weighted by Crippen LogP contribution is -2.34. The first-order valence-electron chi connectivity index (χ1n) is 4.61. The number of benzene rings is 1. The zero-order chi connectivity index (χ0) is 13.2. The highest BCUT2D eigenvalue weighted by molar-refractivity contribution is 6.34. The zero-order valence-electron chi connectivity index (χ0n) is 8.86. The van der Waals surface area contributed by atoms with Crippen LogP contribution in [0.1, 0.15) is 17.3 Å². The summed E-state index contributed by atoms with van der Waals surface area (Å²) in [4.78, 5) is 11.5. The van der Waals surface area contributed by atoms with Crippen LogP contribution in [0.15, 0.2) is 12.1 Å². The van der Waals surface area contributed by atoms with Crippen molar-refractivity contribution in [2.24, 2.45) is 0 Å². The van der Waals surface area contributed by atoms with Gasteiger partial charge in [-0.3, -0.25) is 4.79 Å². The van der Waals surface area contributed by atoms with Gasteiger partial charge in [0.1, 0.15) is 5.82 Å². The number of alkyl halides is 2. The maximum atomic E-state index is 13.1. The number of rotatable bonds is 3. The van der Waals surface area contributed by atoms with Gasteiger partial charge < -0.3 is 11.1 Å². The van der Waals surface area contributed by atoms with Crippen LogP contribution in [0.3, 0.4) is 0 Å². The predicted molar refractivity (Wildman–Crippen MR) is 58.8 cm³/mol. The van der Waals surface area contributed by atoms with Crippen molar-refractivity contribution in [3.05, 3.63) is 28.5 Å². The molecule has 0 radical (unpaired) electrons. The van der Waals surface area contributed by atoms with Crippen molar-refractivity contribution in [3.8, 4) is 0 Å². The second-order valence-corrected chi connectivity index (χ2v) is 4.00. The van der Waals surface area contributed by atoms with E-state index in [2.05, 4.69) is 0 Å². The van der Waals surface area contributed by atoms with Gasteiger partial charge in [0, 0.05) is 12.6 Å². The molecule has 0 saturated carbocycles. The highest BCUT2D eigenvalue weighted by Gasteiger charge is 2.23. The van der Waals surface area contributed by atoms with Crippen LogP contribution in [0, 0.1) is 5.82 Å². The predicted octanol–water partition coefficient (Wildman–Crippen LogP) is 2.45. The molecule has 94 valence electrons. The molecular weight excluding hydrogens is 257 g/mol. The van der Waals surface area contributed by atoms with E-state index < -0.39 is 29.2 Å². The lowest BCUT2D eigenvalue weighted by Gasteiger charge is -2.12. The normalized spacial score (nSPS) is 11.4. The number of halogens is 4. The summed E-state index contributed by atoms with van der Waals surface area (Å²) in [5.41, 5.74) is 5.04. The molecule has 1 aromatic carbocycles. The number of hydrogen-bond donors (Lipinski definition) is 2. The summed E-state index contributed by atoms with van der Waals surface area (Å²) in [7, 11) is 0. The molecule has 0 aliphatic rings. The molecular formula is C10H10ClF3N2O. The molecule has 3 nitrogen and oxygen atoms in total. The van der Waals surface area contributed by atoms with Crippen LogP contribution in [-0.2, 0) is 0 Å². The molecule has 0 bridgehead atoms. The van der Waals surface area contributed by atoms with E-state index in [9.17, 15) is 18.0 Å². The Kier molecular flexibility index (Phi) is 3.87. The molecule has 0 spiro atoms. The number of carbonyl (C=O) groups excluding carboxylic acids is 1. The Balaban J connectivity index is 2.90. The van der Waals surface area contributed by atoms with Gasteiger partial charge in [-0.2, -0.15) is 0 Å². The number of hydrogen-bond acceptors (Lipinski definition) is 2. The van der Waals surface area contributed by atoms with Crippen LogP contribution < -0.4 is 11.1 Å². The van der Waals surface area contributed by atoms with Crippen molar-refractivity contribution in [2.45, 2.75) is 12.8 Å². The molecule has 0 aliphatic carbocycles.